The molecule has 0 aliphatic rings. The molecule has 0 fully saturated rings. The first-order valence-corrected chi connectivity index (χ1v) is 9.72. The molecule has 0 saturated heterocycles. The summed E-state index contributed by atoms with van der Waals surface area (Å²) in [6.07, 6.45) is 2.97. The van der Waals surface area contributed by atoms with Gasteiger partial charge in [-0.2, -0.15) is 5.10 Å². The van der Waals surface area contributed by atoms with Gasteiger partial charge in [0.25, 0.3) is 10.0 Å². The van der Waals surface area contributed by atoms with Crippen molar-refractivity contribution < 1.29 is 17.9 Å². The largest absolute Gasteiger partial charge is 0.465 e. The zero-order valence-electron chi connectivity index (χ0n) is 14.3. The Balaban J connectivity index is 1.82. The first-order valence-electron chi connectivity index (χ1n) is 7.86. The van der Waals surface area contributed by atoms with Gasteiger partial charge in [0.1, 0.15) is 4.90 Å². The second-order valence-corrected chi connectivity index (χ2v) is 7.71. The molecule has 0 bridgehead atoms. The molecule has 0 aliphatic carbocycles. The van der Waals surface area contributed by atoms with Gasteiger partial charge in [0.15, 0.2) is 0 Å². The summed E-state index contributed by atoms with van der Waals surface area (Å²) in [6.45, 7) is 0.501. The van der Waals surface area contributed by atoms with Crippen LogP contribution in [0.1, 0.15) is 15.9 Å². The highest BCUT2D eigenvalue weighted by atomic mass is 35.5. The molecule has 2 aromatic carbocycles. The summed E-state index contributed by atoms with van der Waals surface area (Å²) < 4.78 is 34.0. The molecule has 0 aliphatic heterocycles. The maximum Gasteiger partial charge on any atom is 0.337 e. The van der Waals surface area contributed by atoms with Crippen LogP contribution < -0.4 is 4.72 Å². The van der Waals surface area contributed by atoms with Gasteiger partial charge < -0.3 is 4.74 Å². The number of halogens is 1. The first-order chi connectivity index (χ1) is 12.9. The average molecular weight is 406 g/mol. The van der Waals surface area contributed by atoms with Crippen molar-refractivity contribution in [2.75, 3.05) is 11.8 Å². The third kappa shape index (κ3) is 4.47. The Kier molecular flexibility index (Phi) is 5.48. The van der Waals surface area contributed by atoms with Crippen molar-refractivity contribution in [2.24, 2.45) is 0 Å². The Morgan fingerprint density at radius 1 is 1.22 bits per heavy atom. The number of carbonyl (C=O) groups excluding carboxylic acids is 1. The highest BCUT2D eigenvalue weighted by Gasteiger charge is 2.21. The van der Waals surface area contributed by atoms with Gasteiger partial charge in [0.2, 0.25) is 0 Å². The number of anilines is 1. The summed E-state index contributed by atoms with van der Waals surface area (Å²) in [5.41, 5.74) is 1.40. The minimum Gasteiger partial charge on any atom is -0.465 e. The second kappa shape index (κ2) is 7.81. The van der Waals surface area contributed by atoms with Crippen LogP contribution in [-0.2, 0) is 21.3 Å². The quantitative estimate of drug-likeness (QED) is 0.636. The minimum absolute atomic E-state index is 0.00756. The molecule has 0 spiro atoms. The number of hydrogen-bond donors (Lipinski definition) is 1. The number of sulfonamides is 1. The maximum atomic E-state index is 12.7. The van der Waals surface area contributed by atoms with Crippen LogP contribution >= 0.6 is 11.6 Å². The van der Waals surface area contributed by atoms with Crippen molar-refractivity contribution in [3.8, 4) is 0 Å². The van der Waals surface area contributed by atoms with E-state index in [1.54, 1.807) is 10.9 Å². The molecular weight excluding hydrogens is 390 g/mol. The van der Waals surface area contributed by atoms with Gasteiger partial charge in [0, 0.05) is 6.20 Å². The van der Waals surface area contributed by atoms with E-state index in [0.29, 0.717) is 6.54 Å². The fourth-order valence-corrected chi connectivity index (χ4v) is 3.99. The molecule has 1 heterocycles. The van der Waals surface area contributed by atoms with Crippen molar-refractivity contribution in [1.29, 1.82) is 0 Å². The maximum absolute atomic E-state index is 12.7. The molecule has 27 heavy (non-hydrogen) atoms. The van der Waals surface area contributed by atoms with E-state index in [9.17, 15) is 13.2 Å². The van der Waals surface area contributed by atoms with E-state index in [1.165, 1.54) is 31.5 Å². The fourth-order valence-electron chi connectivity index (χ4n) is 2.44. The highest BCUT2D eigenvalue weighted by Crippen LogP contribution is 2.25. The van der Waals surface area contributed by atoms with Crippen molar-refractivity contribution in [2.45, 2.75) is 11.4 Å². The number of rotatable bonds is 6. The standard InChI is InChI=1S/C18H16ClN3O4S/c1-26-18(23)14-7-8-16(19)17(9-14)27(24,25)21-15-10-20-22(12-15)11-13-5-3-2-4-6-13/h2-10,12,21H,11H2,1H3. The van der Waals surface area contributed by atoms with Crippen LogP contribution in [0.4, 0.5) is 5.69 Å². The minimum atomic E-state index is -4.01. The topological polar surface area (TPSA) is 90.3 Å². The number of methoxy groups -OCH3 is 1. The molecule has 1 aromatic heterocycles. The number of ether oxygens (including phenoxy) is 1. The van der Waals surface area contributed by atoms with Crippen molar-refractivity contribution >= 4 is 33.3 Å². The molecule has 9 heteroatoms. The molecule has 7 nitrogen and oxygen atoms in total. The van der Waals surface area contributed by atoms with E-state index in [2.05, 4.69) is 14.6 Å². The number of aromatic nitrogens is 2. The highest BCUT2D eigenvalue weighted by molar-refractivity contribution is 7.92. The number of nitrogens with zero attached hydrogens (tertiary/aromatic N) is 2. The summed E-state index contributed by atoms with van der Waals surface area (Å²) in [4.78, 5) is 11.4. The van der Waals surface area contributed by atoms with Crippen LogP contribution in [0.25, 0.3) is 0 Å². The van der Waals surface area contributed by atoms with Gasteiger partial charge in [-0.3, -0.25) is 9.40 Å². The van der Waals surface area contributed by atoms with Crippen LogP contribution in [0.15, 0.2) is 65.8 Å². The van der Waals surface area contributed by atoms with E-state index in [-0.39, 0.29) is 21.2 Å². The lowest BCUT2D eigenvalue weighted by Gasteiger charge is -2.09. The molecule has 1 N–H and O–H groups in total. The number of esters is 1. The third-order valence-corrected chi connectivity index (χ3v) is 5.58. The van der Waals surface area contributed by atoms with Crippen LogP contribution in [0.3, 0.4) is 0 Å². The summed E-state index contributed by atoms with van der Waals surface area (Å²) >= 11 is 6.02. The van der Waals surface area contributed by atoms with E-state index in [1.807, 2.05) is 30.3 Å². The SMILES string of the molecule is COC(=O)c1ccc(Cl)c(S(=O)(=O)Nc2cnn(Cc3ccccc3)c2)c1. The van der Waals surface area contributed by atoms with E-state index in [0.717, 1.165) is 5.56 Å². The van der Waals surface area contributed by atoms with Gasteiger partial charge >= 0.3 is 5.97 Å². The van der Waals surface area contributed by atoms with Crippen molar-refractivity contribution in [1.82, 2.24) is 9.78 Å². The zero-order valence-corrected chi connectivity index (χ0v) is 15.9. The second-order valence-electron chi connectivity index (χ2n) is 5.65. The Hall–Kier alpha value is -2.84. The Morgan fingerprint density at radius 3 is 2.67 bits per heavy atom. The fraction of sp³-hybridized carbons (Fsp3) is 0.111. The number of carbonyl (C=O) groups is 1. The third-order valence-electron chi connectivity index (χ3n) is 3.71. The first kappa shape index (κ1) is 18.9. The Bertz CT molecular complexity index is 1070. The predicted molar refractivity (Wildman–Crippen MR) is 101 cm³/mol. The summed E-state index contributed by atoms with van der Waals surface area (Å²) in [5, 5.41) is 4.15. The normalized spacial score (nSPS) is 11.2. The molecule has 0 atom stereocenters. The molecule has 3 aromatic rings. The Morgan fingerprint density at radius 2 is 1.96 bits per heavy atom. The van der Waals surface area contributed by atoms with Crippen LogP contribution in [-0.4, -0.2) is 31.3 Å². The smallest absolute Gasteiger partial charge is 0.337 e. The summed E-state index contributed by atoms with van der Waals surface area (Å²) in [6, 6.07) is 13.5. The van der Waals surface area contributed by atoms with Crippen LogP contribution in [0.2, 0.25) is 5.02 Å². The number of hydrogen-bond acceptors (Lipinski definition) is 5. The zero-order chi connectivity index (χ0) is 19.4. The van der Waals surface area contributed by atoms with E-state index >= 15 is 0 Å². The lowest BCUT2D eigenvalue weighted by Crippen LogP contribution is -2.14. The monoisotopic (exact) mass is 405 g/mol. The number of benzene rings is 2. The van der Waals surface area contributed by atoms with Gasteiger partial charge in [-0.25, -0.2) is 13.2 Å². The number of nitrogens with one attached hydrogen (secondary N) is 1. The average Bonchev–Trinajstić information content (AvgIpc) is 3.08. The molecule has 0 unspecified atom stereocenters. The van der Waals surface area contributed by atoms with Gasteiger partial charge in [-0.05, 0) is 23.8 Å². The molecule has 0 saturated carbocycles. The summed E-state index contributed by atoms with van der Waals surface area (Å²) in [7, 11) is -2.80. The van der Waals surface area contributed by atoms with Gasteiger partial charge in [-0.15, -0.1) is 0 Å². The molecule has 3 rings (SSSR count). The molecule has 0 amide bonds. The lowest BCUT2D eigenvalue weighted by atomic mass is 10.2. The molecular formula is C18H16ClN3O4S. The van der Waals surface area contributed by atoms with Crippen molar-refractivity contribution in [3.05, 3.63) is 77.1 Å². The Labute approximate surface area is 161 Å². The van der Waals surface area contributed by atoms with Gasteiger partial charge in [-0.1, -0.05) is 41.9 Å². The van der Waals surface area contributed by atoms with Crippen molar-refractivity contribution in [3.63, 3.8) is 0 Å². The van der Waals surface area contributed by atoms with Gasteiger partial charge in [0.05, 0.1) is 36.1 Å². The lowest BCUT2D eigenvalue weighted by molar-refractivity contribution is 0.0600. The van der Waals surface area contributed by atoms with Crippen LogP contribution in [0, 0.1) is 0 Å². The van der Waals surface area contributed by atoms with E-state index < -0.39 is 16.0 Å². The van der Waals surface area contributed by atoms with Crippen LogP contribution in [0.5, 0.6) is 0 Å². The predicted octanol–water partition coefficient (Wildman–Crippen LogP) is 3.17. The molecule has 140 valence electrons. The summed E-state index contributed by atoms with van der Waals surface area (Å²) in [5.74, 6) is -0.654. The van der Waals surface area contributed by atoms with E-state index in [4.69, 9.17) is 11.6 Å². The molecule has 0 radical (unpaired) electrons.